The summed E-state index contributed by atoms with van der Waals surface area (Å²) >= 11 is 0. The van der Waals surface area contributed by atoms with Crippen LogP contribution in [0.15, 0.2) is 18.7 Å². The van der Waals surface area contributed by atoms with Crippen LogP contribution < -0.4 is 4.57 Å². The third-order valence-electron chi connectivity index (χ3n) is 3.96. The van der Waals surface area contributed by atoms with E-state index in [1.807, 2.05) is 27.7 Å². The minimum absolute atomic E-state index is 0.140. The molecule has 2 heteroatoms. The first-order chi connectivity index (χ1) is 11.1. The molecule has 0 bridgehead atoms. The van der Waals surface area contributed by atoms with Gasteiger partial charge < -0.3 is 0 Å². The van der Waals surface area contributed by atoms with Crippen molar-refractivity contribution in [2.45, 2.75) is 121 Å². The van der Waals surface area contributed by atoms with Crippen molar-refractivity contribution in [3.05, 3.63) is 18.7 Å². The molecule has 0 aromatic carbocycles. The van der Waals surface area contributed by atoms with Crippen molar-refractivity contribution in [3.63, 3.8) is 0 Å². The molecule has 0 saturated carbocycles. The van der Waals surface area contributed by atoms with Crippen LogP contribution in [0.25, 0.3) is 0 Å². The van der Waals surface area contributed by atoms with Gasteiger partial charge in [0.2, 0.25) is 6.33 Å². The average Bonchev–Trinajstić information content (AvgIpc) is 2.89. The summed E-state index contributed by atoms with van der Waals surface area (Å²) in [5, 5.41) is 0. The molecule has 0 unspecified atom stereocenters. The van der Waals surface area contributed by atoms with E-state index in [1.54, 1.807) is 0 Å². The highest BCUT2D eigenvalue weighted by molar-refractivity contribution is 4.87. The molecule has 1 aromatic heterocycles. The zero-order valence-electron chi connectivity index (χ0n) is 20.0. The van der Waals surface area contributed by atoms with E-state index in [9.17, 15) is 0 Å². The molecule has 0 aliphatic heterocycles. The van der Waals surface area contributed by atoms with Gasteiger partial charge in [-0.25, -0.2) is 9.13 Å². The van der Waals surface area contributed by atoms with Crippen molar-refractivity contribution in [2.24, 2.45) is 10.8 Å². The van der Waals surface area contributed by atoms with Crippen LogP contribution >= 0.6 is 0 Å². The maximum atomic E-state index is 2.38. The van der Waals surface area contributed by atoms with E-state index in [1.165, 1.54) is 0 Å². The molecule has 0 aliphatic rings. The van der Waals surface area contributed by atoms with Crippen LogP contribution in [0.1, 0.15) is 110 Å². The molecule has 25 heavy (non-hydrogen) atoms. The molecule has 0 N–H and O–H groups in total. The zero-order valence-corrected chi connectivity index (χ0v) is 20.0. The van der Waals surface area contributed by atoms with Crippen molar-refractivity contribution < 1.29 is 4.57 Å². The van der Waals surface area contributed by atoms with Crippen molar-refractivity contribution in [1.82, 2.24) is 4.57 Å². The summed E-state index contributed by atoms with van der Waals surface area (Å²) < 4.78 is 4.76. The van der Waals surface area contributed by atoms with Gasteiger partial charge >= 0.3 is 0 Å². The normalized spacial score (nSPS) is 12.7. The van der Waals surface area contributed by atoms with Gasteiger partial charge in [0, 0.05) is 0 Å². The fourth-order valence-electron chi connectivity index (χ4n) is 3.85. The molecule has 0 atom stereocenters. The topological polar surface area (TPSA) is 8.81 Å². The Hall–Kier alpha value is -0.790. The minimum Gasteiger partial charge on any atom is -0.232 e. The van der Waals surface area contributed by atoms with Gasteiger partial charge in [0.05, 0.1) is 0 Å². The molecular weight excluding hydrogens is 304 g/mol. The summed E-state index contributed by atoms with van der Waals surface area (Å²) in [6.45, 7) is 31.2. The first-order valence-electron chi connectivity index (χ1n) is 10.2. The monoisotopic (exact) mass is 353 g/mol. The summed E-state index contributed by atoms with van der Waals surface area (Å²) in [6.07, 6.45) is 9.08. The Kier molecular flexibility index (Phi) is 10.3. The molecule has 0 amide bonds. The number of hydrogen-bond acceptors (Lipinski definition) is 0. The van der Waals surface area contributed by atoms with Gasteiger partial charge in [-0.15, -0.1) is 0 Å². The van der Waals surface area contributed by atoms with Crippen LogP contribution in [0.3, 0.4) is 0 Å². The van der Waals surface area contributed by atoms with Crippen LogP contribution in [-0.4, -0.2) is 4.57 Å². The minimum atomic E-state index is 0.140. The Labute approximate surface area is 160 Å². The van der Waals surface area contributed by atoms with Crippen molar-refractivity contribution >= 4 is 0 Å². The highest BCUT2D eigenvalue weighted by atomic mass is 15.2. The van der Waals surface area contributed by atoms with E-state index < -0.39 is 0 Å². The largest absolute Gasteiger partial charge is 0.244 e. The quantitative estimate of drug-likeness (QED) is 0.507. The number of hydrogen-bond donors (Lipinski definition) is 0. The Morgan fingerprint density at radius 2 is 1.08 bits per heavy atom. The Morgan fingerprint density at radius 3 is 1.44 bits per heavy atom. The van der Waals surface area contributed by atoms with E-state index >= 15 is 0 Å². The van der Waals surface area contributed by atoms with Crippen LogP contribution in [-0.2, 0) is 11.1 Å². The van der Waals surface area contributed by atoms with E-state index in [-0.39, 0.29) is 11.1 Å². The van der Waals surface area contributed by atoms with E-state index in [0.717, 1.165) is 12.8 Å². The first kappa shape index (κ1) is 26.4. The lowest BCUT2D eigenvalue weighted by molar-refractivity contribution is -0.760. The van der Waals surface area contributed by atoms with Crippen molar-refractivity contribution in [3.8, 4) is 0 Å². The maximum absolute atomic E-state index is 2.38. The van der Waals surface area contributed by atoms with Crippen LogP contribution in [0.2, 0.25) is 0 Å². The van der Waals surface area contributed by atoms with Crippen LogP contribution in [0.5, 0.6) is 0 Å². The lowest BCUT2D eigenvalue weighted by atomic mass is 9.81. The van der Waals surface area contributed by atoms with Crippen molar-refractivity contribution in [2.75, 3.05) is 0 Å². The second-order valence-electron chi connectivity index (χ2n) is 10.3. The van der Waals surface area contributed by atoms with Crippen molar-refractivity contribution in [1.29, 1.82) is 0 Å². The summed E-state index contributed by atoms with van der Waals surface area (Å²) in [5.74, 6) is 0. The Morgan fingerprint density at radius 1 is 0.680 bits per heavy atom. The van der Waals surface area contributed by atoms with Gasteiger partial charge in [0.1, 0.15) is 23.5 Å². The molecule has 1 heterocycles. The van der Waals surface area contributed by atoms with Gasteiger partial charge in [-0.2, -0.15) is 0 Å². The van der Waals surface area contributed by atoms with E-state index in [4.69, 9.17) is 0 Å². The zero-order chi connectivity index (χ0) is 20.7. The summed E-state index contributed by atoms with van der Waals surface area (Å²) in [4.78, 5) is 0. The molecule has 150 valence electrons. The second kappa shape index (κ2) is 9.78. The van der Waals surface area contributed by atoms with Crippen LogP contribution in [0.4, 0.5) is 0 Å². The third kappa shape index (κ3) is 10.1. The lowest BCUT2D eigenvalue weighted by Crippen LogP contribution is -2.53. The Bertz CT molecular complexity index is 423. The van der Waals surface area contributed by atoms with E-state index in [0.29, 0.717) is 10.8 Å². The summed E-state index contributed by atoms with van der Waals surface area (Å²) in [7, 11) is 0. The molecule has 0 saturated heterocycles. The molecule has 1 aromatic rings. The van der Waals surface area contributed by atoms with Gasteiger partial charge in [0.25, 0.3) is 0 Å². The number of nitrogens with zero attached hydrogens (tertiary/aromatic N) is 2. The lowest BCUT2D eigenvalue weighted by Gasteiger charge is -2.31. The molecule has 0 radical (unpaired) electrons. The molecule has 0 fully saturated rings. The molecule has 1 rings (SSSR count). The fraction of sp³-hybridized carbons (Fsp3) is 0.870. The van der Waals surface area contributed by atoms with Gasteiger partial charge in [-0.05, 0) is 51.4 Å². The summed E-state index contributed by atoms with van der Waals surface area (Å²) in [5.41, 5.74) is 0.946. The highest BCUT2D eigenvalue weighted by Crippen LogP contribution is 2.32. The molecular formula is C23H49N2+. The SMILES string of the molecule is CC.CC.CC(C)(C)CC(C)(C)n1cc[n+](C(C)(C)CC(C)(C)C)c1. The standard InChI is InChI=1S/C19H37N2.2C2H6/c1-16(2,3)13-18(7,8)20-11-12-21(15-20)19(9,10)14-17(4,5)6;2*1-2/h11-12,15H,13-14H2,1-10H3;2*1-2H3/q+1;;. The second-order valence-corrected chi connectivity index (χ2v) is 10.3. The maximum Gasteiger partial charge on any atom is 0.244 e. The highest BCUT2D eigenvalue weighted by Gasteiger charge is 2.35. The predicted molar refractivity (Wildman–Crippen MR) is 114 cm³/mol. The van der Waals surface area contributed by atoms with Gasteiger partial charge in [-0.3, -0.25) is 0 Å². The fourth-order valence-corrected chi connectivity index (χ4v) is 3.85. The van der Waals surface area contributed by atoms with Gasteiger partial charge in [-0.1, -0.05) is 69.2 Å². The number of imidazole rings is 1. The van der Waals surface area contributed by atoms with Gasteiger partial charge in [0.15, 0.2) is 0 Å². The molecule has 0 aliphatic carbocycles. The summed E-state index contributed by atoms with van der Waals surface area (Å²) in [6, 6.07) is 0. The van der Waals surface area contributed by atoms with Crippen LogP contribution in [0, 0.1) is 10.8 Å². The Balaban J connectivity index is 0. The molecule has 2 nitrogen and oxygen atoms in total. The van der Waals surface area contributed by atoms with E-state index in [2.05, 4.69) is 97.1 Å². The number of rotatable bonds is 4. The third-order valence-corrected chi connectivity index (χ3v) is 3.96. The average molecular weight is 354 g/mol. The smallest absolute Gasteiger partial charge is 0.232 e. The first-order valence-corrected chi connectivity index (χ1v) is 10.2. The predicted octanol–water partition coefficient (Wildman–Crippen LogP) is 7.17. The molecule has 0 spiro atoms. The number of aromatic nitrogens is 2.